The minimum atomic E-state index is 0.0756. The molecule has 1 aliphatic heterocycles. The van der Waals surface area contributed by atoms with Gasteiger partial charge in [-0.1, -0.05) is 39.0 Å². The Kier molecular flexibility index (Phi) is 5.21. The van der Waals surface area contributed by atoms with E-state index in [0.29, 0.717) is 11.3 Å². The van der Waals surface area contributed by atoms with Crippen molar-refractivity contribution in [2.24, 2.45) is 0 Å². The molecule has 0 saturated carbocycles. The highest BCUT2D eigenvalue weighted by Gasteiger charge is 2.23. The lowest BCUT2D eigenvalue weighted by Crippen LogP contribution is -2.48. The van der Waals surface area contributed by atoms with Gasteiger partial charge in [-0.2, -0.15) is 0 Å². The zero-order valence-corrected chi connectivity index (χ0v) is 16.2. The van der Waals surface area contributed by atoms with Crippen molar-refractivity contribution < 1.29 is 9.53 Å². The zero-order chi connectivity index (χ0) is 18.7. The van der Waals surface area contributed by atoms with Crippen molar-refractivity contribution in [3.8, 4) is 5.75 Å². The molecular weight excluding hydrogens is 324 g/mol. The van der Waals surface area contributed by atoms with Gasteiger partial charge in [0.25, 0.3) is 5.91 Å². The Balaban J connectivity index is 1.62. The second kappa shape index (κ2) is 7.40. The molecule has 3 rings (SSSR count). The molecule has 138 valence electrons. The van der Waals surface area contributed by atoms with Gasteiger partial charge in [0.15, 0.2) is 0 Å². The van der Waals surface area contributed by atoms with Crippen LogP contribution in [0.2, 0.25) is 0 Å². The number of carbonyl (C=O) groups is 1. The molecule has 26 heavy (non-hydrogen) atoms. The van der Waals surface area contributed by atoms with Gasteiger partial charge in [0, 0.05) is 37.4 Å². The fourth-order valence-corrected chi connectivity index (χ4v) is 3.28. The second-order valence-electron chi connectivity index (χ2n) is 7.81. The number of anilines is 1. The van der Waals surface area contributed by atoms with Crippen LogP contribution in [0, 0.1) is 0 Å². The molecule has 0 aromatic heterocycles. The maximum Gasteiger partial charge on any atom is 0.254 e. The molecule has 4 heteroatoms. The number of methoxy groups -OCH3 is 1. The van der Waals surface area contributed by atoms with Crippen LogP contribution in [-0.2, 0) is 5.41 Å². The molecule has 1 fully saturated rings. The standard InChI is InChI=1S/C22H28N2O2/c1-22(2,3)18-8-10-19(11-9-18)23-12-14-24(15-13-23)21(25)17-6-5-7-20(16-17)26-4/h5-11,16H,12-15H2,1-4H3. The lowest BCUT2D eigenvalue weighted by Gasteiger charge is -2.36. The van der Waals surface area contributed by atoms with Crippen LogP contribution < -0.4 is 9.64 Å². The monoisotopic (exact) mass is 352 g/mol. The molecule has 1 amide bonds. The summed E-state index contributed by atoms with van der Waals surface area (Å²) in [4.78, 5) is 17.0. The number of ether oxygens (including phenoxy) is 1. The first-order valence-electron chi connectivity index (χ1n) is 9.17. The van der Waals surface area contributed by atoms with E-state index in [9.17, 15) is 4.79 Å². The summed E-state index contributed by atoms with van der Waals surface area (Å²) in [6, 6.07) is 16.2. The summed E-state index contributed by atoms with van der Waals surface area (Å²) >= 11 is 0. The Hall–Kier alpha value is -2.49. The van der Waals surface area contributed by atoms with Gasteiger partial charge < -0.3 is 14.5 Å². The average Bonchev–Trinajstić information content (AvgIpc) is 2.67. The quantitative estimate of drug-likeness (QED) is 0.838. The number of rotatable bonds is 3. The topological polar surface area (TPSA) is 32.8 Å². The number of hydrogen-bond donors (Lipinski definition) is 0. The smallest absolute Gasteiger partial charge is 0.254 e. The van der Waals surface area contributed by atoms with Crippen LogP contribution in [0.15, 0.2) is 48.5 Å². The summed E-state index contributed by atoms with van der Waals surface area (Å²) in [6.07, 6.45) is 0. The number of hydrogen-bond acceptors (Lipinski definition) is 3. The van der Waals surface area contributed by atoms with Crippen LogP contribution in [0.4, 0.5) is 5.69 Å². The number of carbonyl (C=O) groups excluding carboxylic acids is 1. The average molecular weight is 352 g/mol. The first-order chi connectivity index (χ1) is 12.4. The lowest BCUT2D eigenvalue weighted by molar-refractivity contribution is 0.0746. The summed E-state index contributed by atoms with van der Waals surface area (Å²) < 4.78 is 5.22. The summed E-state index contributed by atoms with van der Waals surface area (Å²) in [5, 5.41) is 0. The van der Waals surface area contributed by atoms with Crippen LogP contribution in [-0.4, -0.2) is 44.1 Å². The number of piperazine rings is 1. The largest absolute Gasteiger partial charge is 0.497 e. The molecule has 0 atom stereocenters. The number of benzene rings is 2. The van der Waals surface area contributed by atoms with Crippen LogP contribution in [0.1, 0.15) is 36.7 Å². The van der Waals surface area contributed by atoms with E-state index in [1.54, 1.807) is 13.2 Å². The third-order valence-electron chi connectivity index (χ3n) is 4.98. The molecule has 0 radical (unpaired) electrons. The summed E-state index contributed by atoms with van der Waals surface area (Å²) in [7, 11) is 1.62. The summed E-state index contributed by atoms with van der Waals surface area (Å²) in [5.41, 5.74) is 3.42. The fraction of sp³-hybridized carbons (Fsp3) is 0.409. The molecule has 2 aromatic carbocycles. The van der Waals surface area contributed by atoms with Crippen molar-refractivity contribution >= 4 is 11.6 Å². The Labute approximate surface area is 156 Å². The molecule has 4 nitrogen and oxygen atoms in total. The van der Waals surface area contributed by atoms with Crippen molar-refractivity contribution in [1.82, 2.24) is 4.90 Å². The molecule has 0 spiro atoms. The summed E-state index contributed by atoms with van der Waals surface area (Å²) in [5.74, 6) is 0.792. The maximum atomic E-state index is 12.7. The number of amides is 1. The fourth-order valence-electron chi connectivity index (χ4n) is 3.28. The maximum absolute atomic E-state index is 12.7. The van der Waals surface area contributed by atoms with E-state index in [1.165, 1.54) is 11.3 Å². The van der Waals surface area contributed by atoms with Crippen LogP contribution in [0.25, 0.3) is 0 Å². The van der Waals surface area contributed by atoms with Crippen molar-refractivity contribution in [2.75, 3.05) is 38.2 Å². The second-order valence-corrected chi connectivity index (χ2v) is 7.81. The summed E-state index contributed by atoms with van der Waals surface area (Å²) in [6.45, 7) is 9.85. The van der Waals surface area contributed by atoms with E-state index < -0.39 is 0 Å². The van der Waals surface area contributed by atoms with Gasteiger partial charge in [0.05, 0.1) is 7.11 Å². The van der Waals surface area contributed by atoms with E-state index >= 15 is 0 Å². The van der Waals surface area contributed by atoms with Gasteiger partial charge >= 0.3 is 0 Å². The Morgan fingerprint density at radius 3 is 2.19 bits per heavy atom. The van der Waals surface area contributed by atoms with E-state index in [0.717, 1.165) is 26.2 Å². The third kappa shape index (κ3) is 4.01. The third-order valence-corrected chi connectivity index (χ3v) is 4.98. The van der Waals surface area contributed by atoms with Crippen molar-refractivity contribution in [3.05, 3.63) is 59.7 Å². The zero-order valence-electron chi connectivity index (χ0n) is 16.2. The highest BCUT2D eigenvalue weighted by Crippen LogP contribution is 2.25. The minimum Gasteiger partial charge on any atom is -0.497 e. The number of nitrogens with zero attached hydrogens (tertiary/aromatic N) is 2. The Bertz CT molecular complexity index is 754. The lowest BCUT2D eigenvalue weighted by atomic mass is 9.87. The highest BCUT2D eigenvalue weighted by molar-refractivity contribution is 5.94. The van der Waals surface area contributed by atoms with Gasteiger partial charge in [-0.05, 0) is 41.3 Å². The Morgan fingerprint density at radius 1 is 0.962 bits per heavy atom. The van der Waals surface area contributed by atoms with Crippen molar-refractivity contribution in [3.63, 3.8) is 0 Å². The molecule has 0 unspecified atom stereocenters. The van der Waals surface area contributed by atoms with Crippen LogP contribution in [0.3, 0.4) is 0 Å². The molecule has 2 aromatic rings. The van der Waals surface area contributed by atoms with Gasteiger partial charge in [0.2, 0.25) is 0 Å². The normalized spacial score (nSPS) is 15.1. The van der Waals surface area contributed by atoms with E-state index in [-0.39, 0.29) is 11.3 Å². The predicted molar refractivity (Wildman–Crippen MR) is 106 cm³/mol. The van der Waals surface area contributed by atoms with Gasteiger partial charge in [0.1, 0.15) is 5.75 Å². The van der Waals surface area contributed by atoms with E-state index in [1.807, 2.05) is 23.1 Å². The molecular formula is C22H28N2O2. The van der Waals surface area contributed by atoms with E-state index in [2.05, 4.69) is 49.9 Å². The van der Waals surface area contributed by atoms with Gasteiger partial charge in [-0.25, -0.2) is 0 Å². The van der Waals surface area contributed by atoms with Crippen LogP contribution >= 0.6 is 0 Å². The van der Waals surface area contributed by atoms with E-state index in [4.69, 9.17) is 4.74 Å². The first-order valence-corrected chi connectivity index (χ1v) is 9.17. The minimum absolute atomic E-state index is 0.0756. The molecule has 1 heterocycles. The molecule has 1 aliphatic rings. The van der Waals surface area contributed by atoms with Gasteiger partial charge in [-0.3, -0.25) is 4.79 Å². The van der Waals surface area contributed by atoms with Crippen molar-refractivity contribution in [2.45, 2.75) is 26.2 Å². The molecule has 0 bridgehead atoms. The van der Waals surface area contributed by atoms with Crippen molar-refractivity contribution in [1.29, 1.82) is 0 Å². The predicted octanol–water partition coefficient (Wildman–Crippen LogP) is 3.96. The Morgan fingerprint density at radius 2 is 1.62 bits per heavy atom. The first kappa shape index (κ1) is 18.3. The highest BCUT2D eigenvalue weighted by atomic mass is 16.5. The molecule has 1 saturated heterocycles. The molecule has 0 aliphatic carbocycles. The SMILES string of the molecule is COc1cccc(C(=O)N2CCN(c3ccc(C(C)(C)C)cc3)CC2)c1. The molecule has 0 N–H and O–H groups in total. The van der Waals surface area contributed by atoms with Gasteiger partial charge in [-0.15, -0.1) is 0 Å². The van der Waals surface area contributed by atoms with Crippen LogP contribution in [0.5, 0.6) is 5.75 Å².